The summed E-state index contributed by atoms with van der Waals surface area (Å²) in [6, 6.07) is 12.5. The van der Waals surface area contributed by atoms with Crippen molar-refractivity contribution in [3.05, 3.63) is 53.0 Å². The summed E-state index contributed by atoms with van der Waals surface area (Å²) in [5, 5.41) is 2.85. The number of oxazole rings is 1. The Morgan fingerprint density at radius 2 is 1.76 bits per heavy atom. The molecule has 0 fully saturated rings. The van der Waals surface area contributed by atoms with E-state index in [1.54, 1.807) is 36.4 Å². The van der Waals surface area contributed by atoms with Crippen LogP contribution in [0.15, 0.2) is 51.7 Å². The summed E-state index contributed by atoms with van der Waals surface area (Å²) in [6.45, 7) is 5.46. The second-order valence-corrected chi connectivity index (χ2v) is 6.64. The molecule has 0 radical (unpaired) electrons. The van der Waals surface area contributed by atoms with Gasteiger partial charge in [0.2, 0.25) is 5.91 Å². The lowest BCUT2D eigenvalue weighted by molar-refractivity contribution is -0.116. The van der Waals surface area contributed by atoms with Gasteiger partial charge in [-0.25, -0.2) is 4.79 Å². The second kappa shape index (κ2) is 9.82. The number of nitrogens with zero attached hydrogens (tertiary/aromatic N) is 1. The van der Waals surface area contributed by atoms with Crippen LogP contribution in [-0.4, -0.2) is 23.7 Å². The largest absolute Gasteiger partial charge is 0.490 e. The van der Waals surface area contributed by atoms with Crippen molar-refractivity contribution in [3.63, 3.8) is 0 Å². The maximum Gasteiger partial charge on any atom is 0.419 e. The minimum Gasteiger partial charge on any atom is -0.490 e. The molecule has 154 valence electrons. The van der Waals surface area contributed by atoms with E-state index in [2.05, 4.69) is 5.32 Å². The van der Waals surface area contributed by atoms with Crippen molar-refractivity contribution in [2.24, 2.45) is 0 Å². The van der Waals surface area contributed by atoms with E-state index in [1.807, 2.05) is 19.9 Å². The first kappa shape index (κ1) is 20.5. The molecule has 0 unspecified atom stereocenters. The zero-order valence-corrected chi connectivity index (χ0v) is 16.8. The van der Waals surface area contributed by atoms with Crippen molar-refractivity contribution in [2.75, 3.05) is 18.5 Å². The molecule has 0 spiro atoms. The average Bonchev–Trinajstić information content (AvgIpc) is 3.05. The fourth-order valence-corrected chi connectivity index (χ4v) is 2.90. The molecule has 3 aromatic rings. The number of carbonyl (C=O) groups is 1. The van der Waals surface area contributed by atoms with Crippen LogP contribution >= 0.6 is 0 Å². The van der Waals surface area contributed by atoms with Crippen LogP contribution in [0.25, 0.3) is 11.1 Å². The molecule has 7 heteroatoms. The molecule has 29 heavy (non-hydrogen) atoms. The van der Waals surface area contributed by atoms with Crippen molar-refractivity contribution in [3.8, 4) is 11.5 Å². The summed E-state index contributed by atoms with van der Waals surface area (Å²) in [5.74, 6) is 0.599. The summed E-state index contributed by atoms with van der Waals surface area (Å²) in [6.07, 6.45) is 1.91. The number of carbonyl (C=O) groups excluding carboxylic acids is 1. The van der Waals surface area contributed by atoms with Crippen LogP contribution in [0.2, 0.25) is 0 Å². The molecule has 0 aliphatic carbocycles. The first-order valence-corrected chi connectivity index (χ1v) is 9.90. The first-order chi connectivity index (χ1) is 14.1. The molecule has 0 saturated heterocycles. The lowest BCUT2D eigenvalue weighted by Gasteiger charge is -2.14. The van der Waals surface area contributed by atoms with E-state index in [4.69, 9.17) is 13.9 Å². The van der Waals surface area contributed by atoms with Crippen molar-refractivity contribution in [2.45, 2.75) is 39.7 Å². The average molecular weight is 398 g/mol. The number of nitrogens with one attached hydrogen (secondary N) is 1. The lowest BCUT2D eigenvalue weighted by Crippen LogP contribution is -2.19. The van der Waals surface area contributed by atoms with E-state index in [-0.39, 0.29) is 18.9 Å². The number of aromatic nitrogens is 1. The lowest BCUT2D eigenvalue weighted by atomic mass is 10.2. The summed E-state index contributed by atoms with van der Waals surface area (Å²) >= 11 is 0. The van der Waals surface area contributed by atoms with Gasteiger partial charge in [0.15, 0.2) is 17.1 Å². The van der Waals surface area contributed by atoms with Gasteiger partial charge in [-0.1, -0.05) is 26.0 Å². The van der Waals surface area contributed by atoms with E-state index in [1.165, 1.54) is 4.57 Å². The fraction of sp³-hybridized carbons (Fsp3) is 0.364. The Kier molecular flexibility index (Phi) is 6.94. The predicted molar refractivity (Wildman–Crippen MR) is 112 cm³/mol. The van der Waals surface area contributed by atoms with Gasteiger partial charge in [0.1, 0.15) is 0 Å². The van der Waals surface area contributed by atoms with Gasteiger partial charge in [-0.05, 0) is 37.1 Å². The van der Waals surface area contributed by atoms with E-state index < -0.39 is 5.76 Å². The molecule has 3 rings (SSSR count). The van der Waals surface area contributed by atoms with Gasteiger partial charge >= 0.3 is 5.76 Å². The highest BCUT2D eigenvalue weighted by Gasteiger charge is 2.12. The molecular formula is C22H26N2O5. The number of benzene rings is 2. The third-order valence-corrected chi connectivity index (χ3v) is 4.29. The minimum absolute atomic E-state index is 0.142. The predicted octanol–water partition coefficient (Wildman–Crippen LogP) is 4.20. The number of hydrogen-bond acceptors (Lipinski definition) is 5. The van der Waals surface area contributed by atoms with Crippen LogP contribution in [0.1, 0.15) is 33.1 Å². The number of para-hydroxylation sites is 2. The van der Waals surface area contributed by atoms with Gasteiger partial charge in [0.05, 0.1) is 18.7 Å². The Hall–Kier alpha value is -3.22. The van der Waals surface area contributed by atoms with E-state index >= 15 is 0 Å². The van der Waals surface area contributed by atoms with Gasteiger partial charge in [0, 0.05) is 24.7 Å². The van der Waals surface area contributed by atoms with Crippen LogP contribution < -0.4 is 20.5 Å². The fourth-order valence-electron chi connectivity index (χ4n) is 2.90. The molecule has 7 nitrogen and oxygen atoms in total. The van der Waals surface area contributed by atoms with Gasteiger partial charge in [-0.15, -0.1) is 0 Å². The quantitative estimate of drug-likeness (QED) is 0.553. The van der Waals surface area contributed by atoms with E-state index in [0.29, 0.717) is 41.5 Å². The third-order valence-electron chi connectivity index (χ3n) is 4.29. The van der Waals surface area contributed by atoms with Crippen molar-refractivity contribution in [1.29, 1.82) is 0 Å². The standard InChI is InChI=1S/C22H26N2O5/c1-3-13-27-19-10-9-16(15-20(19)28-14-4-2)23-21(25)11-12-24-17-7-5-6-8-18(17)29-22(24)26/h5-10,15H,3-4,11-14H2,1-2H3,(H,23,25). The van der Waals surface area contributed by atoms with Crippen LogP contribution in [0, 0.1) is 0 Å². The van der Waals surface area contributed by atoms with E-state index in [0.717, 1.165) is 12.8 Å². The highest BCUT2D eigenvalue weighted by atomic mass is 16.5. The minimum atomic E-state index is -0.466. The molecule has 0 saturated carbocycles. The van der Waals surface area contributed by atoms with Crippen LogP contribution in [0.3, 0.4) is 0 Å². The zero-order chi connectivity index (χ0) is 20.6. The normalized spacial score (nSPS) is 10.8. The molecule has 0 aliphatic rings. The molecule has 1 heterocycles. The Morgan fingerprint density at radius 3 is 2.52 bits per heavy atom. The van der Waals surface area contributed by atoms with Gasteiger partial charge < -0.3 is 19.2 Å². The summed E-state index contributed by atoms with van der Waals surface area (Å²) in [4.78, 5) is 24.4. The van der Waals surface area contributed by atoms with E-state index in [9.17, 15) is 9.59 Å². The number of amides is 1. The van der Waals surface area contributed by atoms with Crippen LogP contribution in [0.5, 0.6) is 11.5 Å². The van der Waals surface area contributed by atoms with Crippen molar-refractivity contribution < 1.29 is 18.7 Å². The topological polar surface area (TPSA) is 82.7 Å². The highest BCUT2D eigenvalue weighted by molar-refractivity contribution is 5.91. The monoisotopic (exact) mass is 398 g/mol. The molecule has 0 aliphatic heterocycles. The van der Waals surface area contributed by atoms with Crippen molar-refractivity contribution in [1.82, 2.24) is 4.57 Å². The van der Waals surface area contributed by atoms with Gasteiger partial charge in [-0.2, -0.15) is 0 Å². The smallest absolute Gasteiger partial charge is 0.419 e. The molecule has 2 aromatic carbocycles. The Bertz CT molecular complexity index is 1020. The maximum absolute atomic E-state index is 12.4. The molecule has 1 amide bonds. The highest BCUT2D eigenvalue weighted by Crippen LogP contribution is 2.31. The number of hydrogen-bond donors (Lipinski definition) is 1. The molecule has 0 bridgehead atoms. The summed E-state index contributed by atoms with van der Waals surface area (Å²) in [5.41, 5.74) is 1.81. The summed E-state index contributed by atoms with van der Waals surface area (Å²) in [7, 11) is 0. The van der Waals surface area contributed by atoms with Crippen LogP contribution in [0.4, 0.5) is 5.69 Å². The van der Waals surface area contributed by atoms with Gasteiger partial charge in [0.25, 0.3) is 0 Å². The Labute approximate surface area is 169 Å². The number of ether oxygens (including phenoxy) is 2. The molecule has 1 aromatic heterocycles. The van der Waals surface area contributed by atoms with Gasteiger partial charge in [-0.3, -0.25) is 9.36 Å². The SMILES string of the molecule is CCCOc1ccc(NC(=O)CCn2c(=O)oc3ccccc32)cc1OCCC. The Morgan fingerprint density at radius 1 is 1.03 bits per heavy atom. The molecule has 0 atom stereocenters. The number of fused-ring (bicyclic) bond motifs is 1. The van der Waals surface area contributed by atoms with Crippen LogP contribution in [-0.2, 0) is 11.3 Å². The first-order valence-electron chi connectivity index (χ1n) is 9.90. The number of rotatable bonds is 10. The number of aryl methyl sites for hydroxylation is 1. The van der Waals surface area contributed by atoms with Crippen molar-refractivity contribution >= 4 is 22.7 Å². The number of anilines is 1. The maximum atomic E-state index is 12.4. The molecule has 1 N–H and O–H groups in total. The second-order valence-electron chi connectivity index (χ2n) is 6.64. The third kappa shape index (κ3) is 5.19. The molecular weight excluding hydrogens is 372 g/mol. The Balaban J connectivity index is 1.66. The summed E-state index contributed by atoms with van der Waals surface area (Å²) < 4.78 is 18.1. The zero-order valence-electron chi connectivity index (χ0n) is 16.8.